The van der Waals surface area contributed by atoms with Crippen LogP contribution in [0.4, 0.5) is 0 Å². The number of nitrogens with one attached hydrogen (secondary N) is 2. The first-order valence-corrected chi connectivity index (χ1v) is 12.3. The second-order valence-corrected chi connectivity index (χ2v) is 9.59. The molecule has 1 saturated heterocycles. The summed E-state index contributed by atoms with van der Waals surface area (Å²) in [4.78, 5) is 6.08. The molecule has 2 aromatic heterocycles. The van der Waals surface area contributed by atoms with E-state index in [2.05, 4.69) is 74.1 Å². The highest BCUT2D eigenvalue weighted by Gasteiger charge is 2.26. The summed E-state index contributed by atoms with van der Waals surface area (Å²) < 4.78 is 1.96. The topological polar surface area (TPSA) is 61.8 Å². The van der Waals surface area contributed by atoms with Gasteiger partial charge in [0.25, 0.3) is 0 Å². The van der Waals surface area contributed by atoms with Gasteiger partial charge < -0.3 is 15.2 Å². The van der Waals surface area contributed by atoms with Gasteiger partial charge in [-0.1, -0.05) is 24.3 Å². The van der Waals surface area contributed by atoms with E-state index in [4.69, 9.17) is 0 Å². The number of hydrogen-bond acceptors (Lipinski definition) is 4. The molecule has 2 aromatic carbocycles. The minimum Gasteiger partial charge on any atom is -0.361 e. The summed E-state index contributed by atoms with van der Waals surface area (Å²) >= 11 is 0. The van der Waals surface area contributed by atoms with Crippen molar-refractivity contribution in [3.8, 4) is 5.69 Å². The van der Waals surface area contributed by atoms with E-state index >= 15 is 0 Å². The molecule has 1 fully saturated rings. The number of piperidine rings is 1. The monoisotopic (exact) mass is 440 g/mol. The van der Waals surface area contributed by atoms with Crippen molar-refractivity contribution < 1.29 is 0 Å². The van der Waals surface area contributed by atoms with Crippen molar-refractivity contribution >= 4 is 10.9 Å². The van der Waals surface area contributed by atoms with Crippen LogP contribution in [0.3, 0.4) is 0 Å². The third-order valence-corrected chi connectivity index (χ3v) is 7.55. The maximum atomic E-state index is 3.97. The molecule has 6 heteroatoms. The molecule has 2 aliphatic rings. The summed E-state index contributed by atoms with van der Waals surface area (Å²) in [6.07, 6.45) is 13.0. The third kappa shape index (κ3) is 4.33. The molecule has 1 aliphatic heterocycles. The molecule has 0 bridgehead atoms. The Labute approximate surface area is 195 Å². The number of aryl methyl sites for hydroxylation is 2. The van der Waals surface area contributed by atoms with Gasteiger partial charge in [-0.2, -0.15) is 0 Å². The smallest absolute Gasteiger partial charge is 0.123 e. The van der Waals surface area contributed by atoms with Gasteiger partial charge in [0.05, 0.1) is 0 Å². The lowest BCUT2D eigenvalue weighted by molar-refractivity contribution is 0.189. The molecule has 1 aliphatic carbocycles. The zero-order chi connectivity index (χ0) is 22.0. The summed E-state index contributed by atoms with van der Waals surface area (Å²) in [7, 11) is 0. The molecule has 2 N–H and O–H groups in total. The number of H-pyrrole nitrogens is 1. The summed E-state index contributed by atoms with van der Waals surface area (Å²) in [6, 6.07) is 16.7. The first-order chi connectivity index (χ1) is 16.3. The maximum absolute atomic E-state index is 3.97. The van der Waals surface area contributed by atoms with Crippen molar-refractivity contribution in [3.63, 3.8) is 0 Å². The molecular formula is C27H32N6. The van der Waals surface area contributed by atoms with Crippen LogP contribution >= 0.6 is 0 Å². The lowest BCUT2D eigenvalue weighted by atomic mass is 10.0. The first kappa shape index (κ1) is 20.6. The summed E-state index contributed by atoms with van der Waals surface area (Å²) in [5, 5.41) is 13.1. The fourth-order valence-electron chi connectivity index (χ4n) is 5.70. The first-order valence-electron chi connectivity index (χ1n) is 12.3. The number of fused-ring (bicyclic) bond motifs is 2. The Morgan fingerprint density at radius 3 is 2.73 bits per heavy atom. The molecule has 0 unspecified atom stereocenters. The number of rotatable bonds is 7. The van der Waals surface area contributed by atoms with Gasteiger partial charge in [0, 0.05) is 34.9 Å². The lowest BCUT2D eigenvalue weighted by Crippen LogP contribution is -2.43. The lowest BCUT2D eigenvalue weighted by Gasteiger charge is -2.34. The van der Waals surface area contributed by atoms with Crippen LogP contribution < -0.4 is 5.32 Å². The number of hydrogen-bond donors (Lipinski definition) is 2. The Morgan fingerprint density at radius 2 is 1.85 bits per heavy atom. The fourth-order valence-corrected chi connectivity index (χ4v) is 5.70. The van der Waals surface area contributed by atoms with E-state index in [1.54, 1.807) is 18.2 Å². The average molecular weight is 441 g/mol. The number of likely N-dealkylation sites (tertiary alicyclic amines) is 1. The molecular weight excluding hydrogens is 408 g/mol. The molecule has 0 radical (unpaired) electrons. The predicted octanol–water partition coefficient (Wildman–Crippen LogP) is 4.42. The normalized spacial score (nSPS) is 19.3. The van der Waals surface area contributed by atoms with Gasteiger partial charge in [-0.3, -0.25) is 4.57 Å². The summed E-state index contributed by atoms with van der Waals surface area (Å²) in [5.74, 6) is 0. The van der Waals surface area contributed by atoms with E-state index in [1.807, 2.05) is 4.57 Å². The van der Waals surface area contributed by atoms with Crippen LogP contribution in [0.25, 0.3) is 16.6 Å². The van der Waals surface area contributed by atoms with E-state index in [1.165, 1.54) is 73.8 Å². The Morgan fingerprint density at radius 1 is 1.00 bits per heavy atom. The summed E-state index contributed by atoms with van der Waals surface area (Å²) in [5.41, 5.74) is 6.77. The van der Waals surface area contributed by atoms with Crippen LogP contribution in [-0.4, -0.2) is 50.3 Å². The molecule has 4 aromatic rings. The Kier molecular flexibility index (Phi) is 5.70. The molecule has 0 spiro atoms. The molecule has 0 amide bonds. The SMILES string of the molecule is c1ccc2c(c1)CC[C@H]2NC1CCN(CCCc2c[nH]c3ccc(-n4cnnc4)cc23)CC1. The van der Waals surface area contributed by atoms with Crippen LogP contribution in [0.1, 0.15) is 48.4 Å². The minimum absolute atomic E-state index is 0.558. The van der Waals surface area contributed by atoms with Crippen molar-refractivity contribution in [2.24, 2.45) is 0 Å². The zero-order valence-corrected chi connectivity index (χ0v) is 19.1. The van der Waals surface area contributed by atoms with Gasteiger partial charge >= 0.3 is 0 Å². The molecule has 170 valence electrons. The maximum Gasteiger partial charge on any atom is 0.123 e. The van der Waals surface area contributed by atoms with E-state index in [9.17, 15) is 0 Å². The molecule has 6 nitrogen and oxygen atoms in total. The highest BCUT2D eigenvalue weighted by Crippen LogP contribution is 2.32. The van der Waals surface area contributed by atoms with Gasteiger partial charge in [-0.25, -0.2) is 0 Å². The van der Waals surface area contributed by atoms with Gasteiger partial charge in [0.1, 0.15) is 12.7 Å². The average Bonchev–Trinajstić information content (AvgIpc) is 3.61. The van der Waals surface area contributed by atoms with Gasteiger partial charge in [0.15, 0.2) is 0 Å². The van der Waals surface area contributed by atoms with Crippen LogP contribution in [0.2, 0.25) is 0 Å². The Hall–Kier alpha value is -2.96. The van der Waals surface area contributed by atoms with Crippen molar-refractivity contribution in [2.45, 2.75) is 50.6 Å². The summed E-state index contributed by atoms with van der Waals surface area (Å²) in [6.45, 7) is 3.59. The molecule has 33 heavy (non-hydrogen) atoms. The standard InChI is InChI=1S/C27H32N6/c1-2-6-24-20(4-1)7-9-27(24)31-22-11-14-32(15-12-22)13-3-5-21-17-28-26-10-8-23(16-25(21)26)33-18-29-30-19-33/h1-2,4,6,8,10,16-19,22,27-28,31H,3,5,7,9,11-15H2/t27-/m1/s1. The zero-order valence-electron chi connectivity index (χ0n) is 19.1. The Balaban J connectivity index is 0.998. The van der Waals surface area contributed by atoms with E-state index in [-0.39, 0.29) is 0 Å². The van der Waals surface area contributed by atoms with Crippen molar-refractivity contribution in [3.05, 3.63) is 78.0 Å². The van der Waals surface area contributed by atoms with E-state index in [0.717, 1.165) is 12.1 Å². The highest BCUT2D eigenvalue weighted by molar-refractivity contribution is 5.85. The van der Waals surface area contributed by atoms with E-state index in [0.29, 0.717) is 12.1 Å². The van der Waals surface area contributed by atoms with Crippen LogP contribution in [0.15, 0.2) is 61.3 Å². The number of benzene rings is 2. The fraction of sp³-hybridized carbons (Fsp3) is 0.407. The largest absolute Gasteiger partial charge is 0.361 e. The highest BCUT2D eigenvalue weighted by atomic mass is 15.2. The predicted molar refractivity (Wildman–Crippen MR) is 132 cm³/mol. The number of nitrogens with zero attached hydrogens (tertiary/aromatic N) is 4. The van der Waals surface area contributed by atoms with Gasteiger partial charge in [0.2, 0.25) is 0 Å². The molecule has 3 heterocycles. The van der Waals surface area contributed by atoms with Crippen molar-refractivity contribution in [2.75, 3.05) is 19.6 Å². The van der Waals surface area contributed by atoms with Crippen LogP contribution in [0, 0.1) is 0 Å². The quantitative estimate of drug-likeness (QED) is 0.447. The minimum atomic E-state index is 0.558. The third-order valence-electron chi connectivity index (χ3n) is 7.55. The molecule has 6 rings (SSSR count). The van der Waals surface area contributed by atoms with Gasteiger partial charge in [-0.15, -0.1) is 10.2 Å². The Bertz CT molecular complexity index is 1200. The second kappa shape index (κ2) is 9.12. The van der Waals surface area contributed by atoms with Gasteiger partial charge in [-0.05, 0) is 93.0 Å². The number of aromatic nitrogens is 4. The van der Waals surface area contributed by atoms with Crippen LogP contribution in [0.5, 0.6) is 0 Å². The number of aromatic amines is 1. The van der Waals surface area contributed by atoms with E-state index < -0.39 is 0 Å². The van der Waals surface area contributed by atoms with Crippen molar-refractivity contribution in [1.82, 2.24) is 30.0 Å². The van der Waals surface area contributed by atoms with Crippen LogP contribution in [-0.2, 0) is 12.8 Å². The molecule has 1 atom stereocenters. The second-order valence-electron chi connectivity index (χ2n) is 9.59. The van der Waals surface area contributed by atoms with Crippen molar-refractivity contribution in [1.29, 1.82) is 0 Å². The molecule has 0 saturated carbocycles.